The van der Waals surface area contributed by atoms with Crippen LogP contribution in [0.1, 0.15) is 31.4 Å². The molecule has 162 valence electrons. The Morgan fingerprint density at radius 3 is 2.71 bits per heavy atom. The van der Waals surface area contributed by atoms with E-state index in [0.717, 1.165) is 66.8 Å². The van der Waals surface area contributed by atoms with E-state index in [1.807, 2.05) is 11.0 Å². The summed E-state index contributed by atoms with van der Waals surface area (Å²) in [6.07, 6.45) is 1.41. The first-order valence-electron chi connectivity index (χ1n) is 11.0. The van der Waals surface area contributed by atoms with Crippen LogP contribution in [0.2, 0.25) is 5.02 Å². The number of hydrogen-bond donors (Lipinski definition) is 0. The Morgan fingerprint density at radius 2 is 1.94 bits per heavy atom. The first kappa shape index (κ1) is 20.7. The number of nitrogens with zero attached hydrogens (tertiary/aromatic N) is 4. The van der Waals surface area contributed by atoms with Crippen LogP contribution in [-0.2, 0) is 17.8 Å². The Bertz CT molecular complexity index is 1120. The molecule has 3 heterocycles. The SMILES string of the molecule is CCC(C)N1C(=O)Cc2cc(CN3CCN(c4nsc5ccccc45)CC3)c(Cl)cc21. The fourth-order valence-electron chi connectivity index (χ4n) is 4.65. The van der Waals surface area contributed by atoms with Gasteiger partial charge in [-0.1, -0.05) is 36.7 Å². The molecule has 2 aromatic carbocycles. The average Bonchev–Trinajstić information content (AvgIpc) is 3.34. The largest absolute Gasteiger partial charge is 0.353 e. The third kappa shape index (κ3) is 3.81. The van der Waals surface area contributed by atoms with Crippen molar-refractivity contribution in [1.82, 2.24) is 9.27 Å². The van der Waals surface area contributed by atoms with Crippen LogP contribution in [-0.4, -0.2) is 47.4 Å². The van der Waals surface area contributed by atoms with E-state index in [4.69, 9.17) is 16.0 Å². The van der Waals surface area contributed by atoms with Gasteiger partial charge in [-0.05, 0) is 54.2 Å². The van der Waals surface area contributed by atoms with Crippen molar-refractivity contribution in [2.24, 2.45) is 0 Å². The molecule has 1 unspecified atom stereocenters. The minimum Gasteiger partial charge on any atom is -0.353 e. The number of fused-ring (bicyclic) bond motifs is 2. The first-order chi connectivity index (χ1) is 15.0. The molecule has 5 nitrogen and oxygen atoms in total. The van der Waals surface area contributed by atoms with Gasteiger partial charge < -0.3 is 9.80 Å². The fourth-order valence-corrected chi connectivity index (χ4v) is 5.67. The number of carbonyl (C=O) groups excluding carboxylic acids is 1. The molecule has 1 aromatic heterocycles. The smallest absolute Gasteiger partial charge is 0.231 e. The maximum absolute atomic E-state index is 12.5. The summed E-state index contributed by atoms with van der Waals surface area (Å²) in [7, 11) is 0. The maximum Gasteiger partial charge on any atom is 0.231 e. The quantitative estimate of drug-likeness (QED) is 0.546. The van der Waals surface area contributed by atoms with Crippen molar-refractivity contribution in [1.29, 1.82) is 0 Å². The number of halogens is 1. The third-order valence-electron chi connectivity index (χ3n) is 6.57. The highest BCUT2D eigenvalue weighted by atomic mass is 35.5. The lowest BCUT2D eigenvalue weighted by Crippen LogP contribution is -2.46. The lowest BCUT2D eigenvalue weighted by atomic mass is 10.1. The number of aromatic nitrogens is 1. The van der Waals surface area contributed by atoms with Gasteiger partial charge in [0.05, 0.1) is 11.1 Å². The van der Waals surface area contributed by atoms with Gasteiger partial charge in [-0.2, -0.15) is 4.37 Å². The summed E-state index contributed by atoms with van der Waals surface area (Å²) in [4.78, 5) is 19.3. The van der Waals surface area contributed by atoms with Crippen molar-refractivity contribution in [2.75, 3.05) is 36.0 Å². The Morgan fingerprint density at radius 1 is 1.16 bits per heavy atom. The molecule has 0 saturated carbocycles. The molecule has 7 heteroatoms. The van der Waals surface area contributed by atoms with Crippen LogP contribution in [0.5, 0.6) is 0 Å². The summed E-state index contributed by atoms with van der Waals surface area (Å²) in [5, 5.41) is 2.01. The van der Waals surface area contributed by atoms with Crippen molar-refractivity contribution in [2.45, 2.75) is 39.3 Å². The van der Waals surface area contributed by atoms with Gasteiger partial charge >= 0.3 is 0 Å². The van der Waals surface area contributed by atoms with Gasteiger partial charge in [0.25, 0.3) is 0 Å². The van der Waals surface area contributed by atoms with E-state index in [1.54, 1.807) is 11.5 Å². The molecular weight excluding hydrogens is 428 g/mol. The van der Waals surface area contributed by atoms with Crippen LogP contribution in [0.3, 0.4) is 0 Å². The molecule has 2 aliphatic rings. The van der Waals surface area contributed by atoms with E-state index in [-0.39, 0.29) is 11.9 Å². The lowest BCUT2D eigenvalue weighted by molar-refractivity contribution is -0.117. The van der Waals surface area contributed by atoms with Crippen LogP contribution >= 0.6 is 23.1 Å². The van der Waals surface area contributed by atoms with Crippen molar-refractivity contribution >= 4 is 50.6 Å². The molecule has 3 aromatic rings. The number of hydrogen-bond acceptors (Lipinski definition) is 5. The summed E-state index contributed by atoms with van der Waals surface area (Å²) in [6, 6.07) is 12.8. The van der Waals surface area contributed by atoms with Gasteiger partial charge in [-0.3, -0.25) is 9.69 Å². The molecule has 0 bridgehead atoms. The molecule has 0 radical (unpaired) electrons. The van der Waals surface area contributed by atoms with Crippen molar-refractivity contribution < 1.29 is 4.79 Å². The number of rotatable bonds is 5. The second-order valence-electron chi connectivity index (χ2n) is 8.54. The van der Waals surface area contributed by atoms with Crippen LogP contribution in [0.25, 0.3) is 10.1 Å². The minimum atomic E-state index is 0.182. The summed E-state index contributed by atoms with van der Waals surface area (Å²) < 4.78 is 5.95. The summed E-state index contributed by atoms with van der Waals surface area (Å²) in [6.45, 7) is 8.87. The van der Waals surface area contributed by atoms with Crippen molar-refractivity contribution in [3.05, 3.63) is 52.5 Å². The minimum absolute atomic E-state index is 0.182. The molecule has 1 atom stereocenters. The van der Waals surface area contributed by atoms with E-state index < -0.39 is 0 Å². The first-order valence-corrected chi connectivity index (χ1v) is 12.2. The zero-order chi connectivity index (χ0) is 21.5. The van der Waals surface area contributed by atoms with Crippen LogP contribution in [0, 0.1) is 0 Å². The predicted octanol–water partition coefficient (Wildman–Crippen LogP) is 4.96. The second kappa shape index (κ2) is 8.41. The maximum atomic E-state index is 12.5. The number of anilines is 2. The zero-order valence-electron chi connectivity index (χ0n) is 18.0. The molecule has 5 rings (SSSR count). The van der Waals surface area contributed by atoms with E-state index in [0.29, 0.717) is 6.42 Å². The van der Waals surface area contributed by atoms with E-state index in [2.05, 4.69) is 54.0 Å². The Hall–Kier alpha value is -2.15. The molecule has 0 spiro atoms. The lowest BCUT2D eigenvalue weighted by Gasteiger charge is -2.35. The Labute approximate surface area is 192 Å². The van der Waals surface area contributed by atoms with Gasteiger partial charge in [0.15, 0.2) is 0 Å². The molecule has 2 aliphatic heterocycles. The molecule has 0 aliphatic carbocycles. The fraction of sp³-hybridized carbons (Fsp3) is 0.417. The normalized spacial score (nSPS) is 18.1. The highest BCUT2D eigenvalue weighted by Crippen LogP contribution is 2.36. The van der Waals surface area contributed by atoms with Gasteiger partial charge in [-0.25, -0.2) is 0 Å². The van der Waals surface area contributed by atoms with Crippen molar-refractivity contribution in [3.63, 3.8) is 0 Å². The molecule has 1 saturated heterocycles. The number of carbonyl (C=O) groups is 1. The highest BCUT2D eigenvalue weighted by Gasteiger charge is 2.31. The Balaban J connectivity index is 1.28. The van der Waals surface area contributed by atoms with E-state index in [9.17, 15) is 4.79 Å². The molecular formula is C24H27ClN4OS. The van der Waals surface area contributed by atoms with Crippen molar-refractivity contribution in [3.8, 4) is 0 Å². The van der Waals surface area contributed by atoms with Gasteiger partial charge in [-0.15, -0.1) is 0 Å². The average molecular weight is 455 g/mol. The standard InChI is InChI=1S/C24H27ClN4OS/c1-3-16(2)29-21-14-20(25)18(12-17(21)13-23(29)30)15-27-8-10-28(11-9-27)24-19-6-4-5-7-22(19)31-26-24/h4-7,12,14,16H,3,8-11,13,15H2,1-2H3. The number of piperazine rings is 1. The van der Waals surface area contributed by atoms with Crippen LogP contribution in [0.4, 0.5) is 11.5 Å². The number of benzene rings is 2. The second-order valence-corrected chi connectivity index (χ2v) is 9.75. The van der Waals surface area contributed by atoms with Crippen LogP contribution in [0.15, 0.2) is 36.4 Å². The van der Waals surface area contributed by atoms with Crippen LogP contribution < -0.4 is 9.80 Å². The van der Waals surface area contributed by atoms with Gasteiger partial charge in [0.2, 0.25) is 5.91 Å². The summed E-state index contributed by atoms with van der Waals surface area (Å²) in [5.74, 6) is 1.29. The van der Waals surface area contributed by atoms with E-state index in [1.165, 1.54) is 10.1 Å². The molecule has 31 heavy (non-hydrogen) atoms. The van der Waals surface area contributed by atoms with E-state index >= 15 is 0 Å². The third-order valence-corrected chi connectivity index (χ3v) is 7.74. The monoisotopic (exact) mass is 454 g/mol. The molecule has 1 amide bonds. The molecule has 1 fully saturated rings. The topological polar surface area (TPSA) is 39.7 Å². The van der Waals surface area contributed by atoms with Gasteiger partial charge in [0, 0.05) is 54.9 Å². The van der Waals surface area contributed by atoms with Gasteiger partial charge in [0.1, 0.15) is 5.82 Å². The zero-order valence-corrected chi connectivity index (χ0v) is 19.5. The molecule has 0 N–H and O–H groups in total. The highest BCUT2D eigenvalue weighted by molar-refractivity contribution is 7.13. The Kier molecular flexibility index (Phi) is 5.63. The summed E-state index contributed by atoms with van der Waals surface area (Å²) >= 11 is 8.25. The summed E-state index contributed by atoms with van der Waals surface area (Å²) in [5.41, 5.74) is 3.22. The number of amides is 1. The predicted molar refractivity (Wildman–Crippen MR) is 130 cm³/mol.